The van der Waals surface area contributed by atoms with Crippen molar-refractivity contribution in [3.05, 3.63) is 35.9 Å². The molecule has 2 aromatic heterocycles. The van der Waals surface area contributed by atoms with Crippen molar-refractivity contribution < 1.29 is 5.11 Å². The molecule has 0 saturated carbocycles. The largest absolute Gasteiger partial charge is 0.396 e. The summed E-state index contributed by atoms with van der Waals surface area (Å²) in [4.78, 5) is 11.7. The van der Waals surface area contributed by atoms with Crippen LogP contribution in [0.15, 0.2) is 24.5 Å². The number of aliphatic hydroxyl groups is 1. The summed E-state index contributed by atoms with van der Waals surface area (Å²) in [5.74, 6) is 2.28. The van der Waals surface area contributed by atoms with Crippen molar-refractivity contribution in [2.24, 2.45) is 0 Å². The van der Waals surface area contributed by atoms with Crippen LogP contribution in [0.4, 0.5) is 11.6 Å². The number of aliphatic hydroxyl groups excluding tert-OH is 1. The van der Waals surface area contributed by atoms with Crippen LogP contribution in [0, 0.1) is 6.92 Å². The molecule has 0 aliphatic carbocycles. The first kappa shape index (κ1) is 13.4. The van der Waals surface area contributed by atoms with Gasteiger partial charge in [-0.05, 0) is 25.0 Å². The lowest BCUT2D eigenvalue weighted by Gasteiger charge is -2.09. The summed E-state index contributed by atoms with van der Waals surface area (Å²) in [5.41, 5.74) is 1.17. The number of anilines is 2. The Hall–Kier alpha value is -2.08. The van der Waals surface area contributed by atoms with Gasteiger partial charge < -0.3 is 20.7 Å². The molecule has 0 fully saturated rings. The van der Waals surface area contributed by atoms with Crippen LogP contribution < -0.4 is 10.6 Å². The fraction of sp³-hybridized carbons (Fsp3) is 0.385. The standard InChI is InChI=1S/C13H19N5O/c1-10-17-12(15-4-2-6-19)7-13(18-10)16-9-11-3-5-14-8-11/h3,5,7-8,14,19H,2,4,6,9H2,1H3,(H2,15,16,17,18). The second kappa shape index (κ2) is 6.75. The van der Waals surface area contributed by atoms with Crippen LogP contribution in [0.1, 0.15) is 17.8 Å². The van der Waals surface area contributed by atoms with Gasteiger partial charge >= 0.3 is 0 Å². The molecule has 6 heteroatoms. The SMILES string of the molecule is Cc1nc(NCCCO)cc(NCc2cc[nH]c2)n1. The van der Waals surface area contributed by atoms with Gasteiger partial charge in [0.05, 0.1) is 0 Å². The molecule has 0 amide bonds. The molecule has 0 aromatic carbocycles. The fourth-order valence-corrected chi connectivity index (χ4v) is 1.71. The first-order valence-electron chi connectivity index (χ1n) is 6.34. The van der Waals surface area contributed by atoms with Gasteiger partial charge in [0.25, 0.3) is 0 Å². The number of hydrogen-bond donors (Lipinski definition) is 4. The zero-order valence-corrected chi connectivity index (χ0v) is 11.0. The summed E-state index contributed by atoms with van der Waals surface area (Å²) < 4.78 is 0. The van der Waals surface area contributed by atoms with E-state index >= 15 is 0 Å². The molecule has 4 N–H and O–H groups in total. The third-order valence-corrected chi connectivity index (χ3v) is 2.61. The van der Waals surface area contributed by atoms with E-state index in [9.17, 15) is 0 Å². The first-order chi connectivity index (χ1) is 9.28. The average Bonchev–Trinajstić information content (AvgIpc) is 2.89. The van der Waals surface area contributed by atoms with Crippen LogP contribution >= 0.6 is 0 Å². The summed E-state index contributed by atoms with van der Waals surface area (Å²) in [6.45, 7) is 3.45. The van der Waals surface area contributed by atoms with Gasteiger partial charge in [0, 0.05) is 38.2 Å². The number of hydrogen-bond acceptors (Lipinski definition) is 5. The van der Waals surface area contributed by atoms with Crippen LogP contribution in [-0.2, 0) is 6.54 Å². The lowest BCUT2D eigenvalue weighted by Crippen LogP contribution is -2.08. The molecular weight excluding hydrogens is 242 g/mol. The molecule has 0 unspecified atom stereocenters. The molecule has 19 heavy (non-hydrogen) atoms. The second-order valence-electron chi connectivity index (χ2n) is 4.26. The highest BCUT2D eigenvalue weighted by atomic mass is 16.3. The highest BCUT2D eigenvalue weighted by Crippen LogP contribution is 2.12. The highest BCUT2D eigenvalue weighted by Gasteiger charge is 2.01. The molecule has 2 rings (SSSR count). The van der Waals surface area contributed by atoms with Crippen LogP contribution in [-0.4, -0.2) is 33.2 Å². The van der Waals surface area contributed by atoms with E-state index in [1.165, 1.54) is 5.56 Å². The van der Waals surface area contributed by atoms with E-state index in [0.29, 0.717) is 18.8 Å². The van der Waals surface area contributed by atoms with Gasteiger partial charge in [0.2, 0.25) is 0 Å². The van der Waals surface area contributed by atoms with E-state index in [1.807, 2.05) is 31.5 Å². The minimum absolute atomic E-state index is 0.176. The van der Waals surface area contributed by atoms with Gasteiger partial charge in [-0.3, -0.25) is 0 Å². The van der Waals surface area contributed by atoms with E-state index < -0.39 is 0 Å². The Morgan fingerprint density at radius 3 is 2.74 bits per heavy atom. The normalized spacial score (nSPS) is 10.4. The molecule has 102 valence electrons. The Kier molecular flexibility index (Phi) is 4.74. The molecule has 0 aliphatic rings. The van der Waals surface area contributed by atoms with Gasteiger partial charge in [-0.1, -0.05) is 0 Å². The molecule has 0 aliphatic heterocycles. The number of aromatic nitrogens is 3. The monoisotopic (exact) mass is 261 g/mol. The minimum atomic E-state index is 0.176. The van der Waals surface area contributed by atoms with Crippen LogP contribution in [0.5, 0.6) is 0 Å². The maximum absolute atomic E-state index is 8.76. The molecule has 0 radical (unpaired) electrons. The van der Waals surface area contributed by atoms with Crippen LogP contribution in [0.25, 0.3) is 0 Å². The number of H-pyrrole nitrogens is 1. The quantitative estimate of drug-likeness (QED) is 0.568. The Bertz CT molecular complexity index is 498. The lowest BCUT2D eigenvalue weighted by atomic mass is 10.3. The Morgan fingerprint density at radius 2 is 2.05 bits per heavy atom. The minimum Gasteiger partial charge on any atom is -0.396 e. The summed E-state index contributed by atoms with van der Waals surface area (Å²) in [7, 11) is 0. The highest BCUT2D eigenvalue weighted by molar-refractivity contribution is 5.47. The molecule has 6 nitrogen and oxygen atoms in total. The molecule has 0 saturated heterocycles. The maximum Gasteiger partial charge on any atom is 0.132 e. The van der Waals surface area contributed by atoms with E-state index in [4.69, 9.17) is 5.11 Å². The zero-order chi connectivity index (χ0) is 13.5. The number of nitrogens with zero attached hydrogens (tertiary/aromatic N) is 2. The van der Waals surface area contributed by atoms with Gasteiger partial charge in [0.15, 0.2) is 0 Å². The van der Waals surface area contributed by atoms with Crippen LogP contribution in [0.2, 0.25) is 0 Å². The first-order valence-corrected chi connectivity index (χ1v) is 6.34. The third kappa shape index (κ3) is 4.26. The third-order valence-electron chi connectivity index (χ3n) is 2.61. The van der Waals surface area contributed by atoms with Crippen molar-refractivity contribution in [3.63, 3.8) is 0 Å². The van der Waals surface area contributed by atoms with Gasteiger partial charge in [0.1, 0.15) is 17.5 Å². The smallest absolute Gasteiger partial charge is 0.132 e. The van der Waals surface area contributed by atoms with Crippen molar-refractivity contribution in [2.45, 2.75) is 19.9 Å². The fourth-order valence-electron chi connectivity index (χ4n) is 1.71. The summed E-state index contributed by atoms with van der Waals surface area (Å²) >= 11 is 0. The molecule has 2 heterocycles. The molecule has 0 atom stereocenters. The van der Waals surface area contributed by atoms with Gasteiger partial charge in [-0.15, -0.1) is 0 Å². The number of aromatic amines is 1. The van der Waals surface area contributed by atoms with E-state index in [2.05, 4.69) is 25.6 Å². The summed E-state index contributed by atoms with van der Waals surface area (Å²) in [6, 6.07) is 3.89. The predicted octanol–water partition coefficient (Wildman–Crippen LogP) is 1.52. The maximum atomic E-state index is 8.76. The summed E-state index contributed by atoms with van der Waals surface area (Å²) in [6.07, 6.45) is 4.54. The van der Waals surface area contributed by atoms with Gasteiger partial charge in [-0.2, -0.15) is 0 Å². The predicted molar refractivity (Wildman–Crippen MR) is 75.1 cm³/mol. The van der Waals surface area contributed by atoms with Crippen LogP contribution in [0.3, 0.4) is 0 Å². The van der Waals surface area contributed by atoms with Gasteiger partial charge in [-0.25, -0.2) is 9.97 Å². The Balaban J connectivity index is 1.95. The summed E-state index contributed by atoms with van der Waals surface area (Å²) in [5, 5.41) is 15.2. The van der Waals surface area contributed by atoms with Crippen molar-refractivity contribution in [1.82, 2.24) is 15.0 Å². The Morgan fingerprint density at radius 1 is 1.26 bits per heavy atom. The zero-order valence-electron chi connectivity index (χ0n) is 11.0. The van der Waals surface area contributed by atoms with E-state index in [-0.39, 0.29) is 6.61 Å². The van der Waals surface area contributed by atoms with E-state index in [0.717, 1.165) is 18.2 Å². The van der Waals surface area contributed by atoms with Crippen molar-refractivity contribution in [3.8, 4) is 0 Å². The Labute approximate surface area is 112 Å². The number of aryl methyl sites for hydroxylation is 1. The number of rotatable bonds is 7. The lowest BCUT2D eigenvalue weighted by molar-refractivity contribution is 0.292. The molecule has 0 spiro atoms. The van der Waals surface area contributed by atoms with Crippen molar-refractivity contribution in [1.29, 1.82) is 0 Å². The molecule has 2 aromatic rings. The molecule has 0 bridgehead atoms. The number of nitrogens with one attached hydrogen (secondary N) is 3. The molecular formula is C13H19N5O. The van der Waals surface area contributed by atoms with Crippen molar-refractivity contribution >= 4 is 11.6 Å². The van der Waals surface area contributed by atoms with E-state index in [1.54, 1.807) is 0 Å². The topological polar surface area (TPSA) is 85.9 Å². The average molecular weight is 261 g/mol. The second-order valence-corrected chi connectivity index (χ2v) is 4.26. The van der Waals surface area contributed by atoms with Crippen molar-refractivity contribution in [2.75, 3.05) is 23.8 Å².